The summed E-state index contributed by atoms with van der Waals surface area (Å²) in [5, 5.41) is 0. The highest BCUT2D eigenvalue weighted by Crippen LogP contribution is 2.29. The van der Waals surface area contributed by atoms with Crippen LogP contribution >= 0.6 is 0 Å². The van der Waals surface area contributed by atoms with E-state index in [-0.39, 0.29) is 6.54 Å². The number of carbonyl (C=O) groups excluding carboxylic acids is 1. The molecule has 6 heteroatoms. The highest BCUT2D eigenvalue weighted by Gasteiger charge is 2.30. The lowest BCUT2D eigenvalue weighted by Crippen LogP contribution is -2.23. The zero-order valence-corrected chi connectivity index (χ0v) is 8.83. The molecule has 0 aromatic heterocycles. The lowest BCUT2D eigenvalue weighted by molar-refractivity contribution is -0.137. The van der Waals surface area contributed by atoms with Crippen LogP contribution in [-0.4, -0.2) is 24.1 Å². The van der Waals surface area contributed by atoms with Crippen LogP contribution in [0.15, 0.2) is 24.3 Å². The number of carbonyl (C=O) groups is 1. The second kappa shape index (κ2) is 4.27. The molecule has 0 N–H and O–H groups in total. The van der Waals surface area contributed by atoms with E-state index in [4.69, 9.17) is 4.74 Å². The summed E-state index contributed by atoms with van der Waals surface area (Å²) in [5.74, 6) is 0. The van der Waals surface area contributed by atoms with E-state index in [1.54, 1.807) is 0 Å². The summed E-state index contributed by atoms with van der Waals surface area (Å²) in [6, 6.07) is 4.76. The molecule has 92 valence electrons. The van der Waals surface area contributed by atoms with E-state index in [2.05, 4.69) is 0 Å². The molecule has 2 rings (SSSR count). The van der Waals surface area contributed by atoms with E-state index < -0.39 is 17.8 Å². The normalized spacial score (nSPS) is 16.2. The number of ether oxygens (including phenoxy) is 1. The summed E-state index contributed by atoms with van der Waals surface area (Å²) in [7, 11) is 0. The van der Waals surface area contributed by atoms with Gasteiger partial charge in [0.2, 0.25) is 0 Å². The molecule has 17 heavy (non-hydrogen) atoms. The van der Waals surface area contributed by atoms with Gasteiger partial charge in [0.05, 0.1) is 12.1 Å². The van der Waals surface area contributed by atoms with Crippen molar-refractivity contribution >= 4 is 6.09 Å². The third-order valence-electron chi connectivity index (χ3n) is 2.50. The first kappa shape index (κ1) is 11.8. The molecule has 0 bridgehead atoms. The number of halogens is 3. The van der Waals surface area contributed by atoms with Gasteiger partial charge in [-0.1, -0.05) is 12.1 Å². The van der Waals surface area contributed by atoms with Gasteiger partial charge < -0.3 is 9.64 Å². The Hall–Kier alpha value is -1.72. The summed E-state index contributed by atoms with van der Waals surface area (Å²) < 4.78 is 41.6. The van der Waals surface area contributed by atoms with Gasteiger partial charge in [0.1, 0.15) is 6.61 Å². The number of rotatable bonds is 2. The van der Waals surface area contributed by atoms with E-state index >= 15 is 0 Å². The zero-order chi connectivity index (χ0) is 12.5. The first-order valence-electron chi connectivity index (χ1n) is 5.04. The van der Waals surface area contributed by atoms with Gasteiger partial charge in [0, 0.05) is 6.54 Å². The van der Waals surface area contributed by atoms with Crippen molar-refractivity contribution in [1.82, 2.24) is 4.90 Å². The molecule has 0 aliphatic carbocycles. The van der Waals surface area contributed by atoms with Gasteiger partial charge >= 0.3 is 12.3 Å². The largest absolute Gasteiger partial charge is 0.448 e. The summed E-state index contributed by atoms with van der Waals surface area (Å²) in [6.07, 6.45) is -4.75. The van der Waals surface area contributed by atoms with Crippen LogP contribution in [0.25, 0.3) is 0 Å². The molecule has 1 saturated heterocycles. The summed E-state index contributed by atoms with van der Waals surface area (Å²) in [6.45, 7) is 1.08. The fraction of sp³-hybridized carbons (Fsp3) is 0.364. The lowest BCUT2D eigenvalue weighted by atomic mass is 10.1. The third kappa shape index (κ3) is 2.69. The molecule has 3 nitrogen and oxygen atoms in total. The van der Waals surface area contributed by atoms with Crippen LogP contribution in [0.1, 0.15) is 11.1 Å². The van der Waals surface area contributed by atoms with Crippen molar-refractivity contribution in [3.63, 3.8) is 0 Å². The standard InChI is InChI=1S/C11H10F3NO2/c12-11(13,14)9-3-1-8(2-4-9)7-15-5-6-17-10(15)16/h1-4H,5-7H2. The molecule has 1 aromatic carbocycles. The summed E-state index contributed by atoms with van der Waals surface area (Å²) in [5.41, 5.74) is -0.0397. The average molecular weight is 245 g/mol. The maximum Gasteiger partial charge on any atom is 0.416 e. The Kier molecular flexibility index (Phi) is 2.95. The molecule has 1 heterocycles. The van der Waals surface area contributed by atoms with Crippen molar-refractivity contribution in [1.29, 1.82) is 0 Å². The number of hydrogen-bond acceptors (Lipinski definition) is 2. The molecule has 1 fully saturated rings. The number of cyclic esters (lactones) is 1. The molecule has 0 unspecified atom stereocenters. The Morgan fingerprint density at radius 3 is 2.35 bits per heavy atom. The SMILES string of the molecule is O=C1OCCN1Cc1ccc(C(F)(F)F)cc1. The van der Waals surface area contributed by atoms with Gasteiger partial charge in [-0.05, 0) is 17.7 Å². The monoisotopic (exact) mass is 245 g/mol. The molecule has 0 spiro atoms. The van der Waals surface area contributed by atoms with Crippen LogP contribution in [0.4, 0.5) is 18.0 Å². The minimum Gasteiger partial charge on any atom is -0.448 e. The second-order valence-electron chi connectivity index (χ2n) is 3.73. The summed E-state index contributed by atoms with van der Waals surface area (Å²) in [4.78, 5) is 12.6. The van der Waals surface area contributed by atoms with Gasteiger partial charge in [0.25, 0.3) is 0 Å². The number of nitrogens with zero attached hydrogens (tertiary/aromatic N) is 1. The quantitative estimate of drug-likeness (QED) is 0.801. The number of amides is 1. The number of benzene rings is 1. The highest BCUT2D eigenvalue weighted by atomic mass is 19.4. The van der Waals surface area contributed by atoms with Gasteiger partial charge in [-0.3, -0.25) is 0 Å². The number of alkyl halides is 3. The molecule has 0 saturated carbocycles. The van der Waals surface area contributed by atoms with Crippen molar-refractivity contribution in [2.75, 3.05) is 13.2 Å². The molecule has 1 aromatic rings. The predicted octanol–water partition coefficient (Wildman–Crippen LogP) is 2.66. The molecule has 1 amide bonds. The van der Waals surface area contributed by atoms with Crippen molar-refractivity contribution < 1.29 is 22.7 Å². The molecule has 1 aliphatic rings. The van der Waals surface area contributed by atoms with E-state index in [9.17, 15) is 18.0 Å². The van der Waals surface area contributed by atoms with Crippen LogP contribution in [0.3, 0.4) is 0 Å². The smallest absolute Gasteiger partial charge is 0.416 e. The minimum absolute atomic E-state index is 0.275. The molecule has 0 atom stereocenters. The Morgan fingerprint density at radius 1 is 1.24 bits per heavy atom. The van der Waals surface area contributed by atoms with Crippen LogP contribution in [-0.2, 0) is 17.5 Å². The number of hydrogen-bond donors (Lipinski definition) is 0. The summed E-state index contributed by atoms with van der Waals surface area (Å²) >= 11 is 0. The first-order chi connectivity index (χ1) is 7.97. The minimum atomic E-state index is -4.33. The van der Waals surface area contributed by atoms with Gasteiger partial charge in [0.15, 0.2) is 0 Å². The van der Waals surface area contributed by atoms with Gasteiger partial charge in [-0.15, -0.1) is 0 Å². The Labute approximate surface area is 95.8 Å². The van der Waals surface area contributed by atoms with Gasteiger partial charge in [-0.2, -0.15) is 13.2 Å². The molecule has 0 radical (unpaired) electrons. The van der Waals surface area contributed by atoms with E-state index in [0.717, 1.165) is 12.1 Å². The fourth-order valence-corrected chi connectivity index (χ4v) is 1.59. The van der Waals surface area contributed by atoms with E-state index in [1.165, 1.54) is 17.0 Å². The second-order valence-corrected chi connectivity index (χ2v) is 3.73. The van der Waals surface area contributed by atoms with Crippen LogP contribution in [0.2, 0.25) is 0 Å². The van der Waals surface area contributed by atoms with Crippen molar-refractivity contribution in [2.45, 2.75) is 12.7 Å². The van der Waals surface area contributed by atoms with Crippen LogP contribution in [0, 0.1) is 0 Å². The topological polar surface area (TPSA) is 29.5 Å². The van der Waals surface area contributed by atoms with E-state index in [0.29, 0.717) is 18.7 Å². The Balaban J connectivity index is 2.06. The molecular formula is C11H10F3NO2. The highest BCUT2D eigenvalue weighted by molar-refractivity contribution is 5.69. The molecular weight excluding hydrogens is 235 g/mol. The van der Waals surface area contributed by atoms with Crippen LogP contribution < -0.4 is 0 Å². The molecule has 1 aliphatic heterocycles. The third-order valence-corrected chi connectivity index (χ3v) is 2.50. The van der Waals surface area contributed by atoms with Crippen molar-refractivity contribution in [3.05, 3.63) is 35.4 Å². The van der Waals surface area contributed by atoms with E-state index in [1.807, 2.05) is 0 Å². The predicted molar refractivity (Wildman–Crippen MR) is 53.2 cm³/mol. The van der Waals surface area contributed by atoms with Crippen molar-refractivity contribution in [3.8, 4) is 0 Å². The zero-order valence-electron chi connectivity index (χ0n) is 8.83. The van der Waals surface area contributed by atoms with Crippen LogP contribution in [0.5, 0.6) is 0 Å². The van der Waals surface area contributed by atoms with Gasteiger partial charge in [-0.25, -0.2) is 4.79 Å². The Morgan fingerprint density at radius 2 is 1.88 bits per heavy atom. The maximum absolute atomic E-state index is 12.3. The Bertz CT molecular complexity index is 414. The lowest BCUT2D eigenvalue weighted by Gasteiger charge is -2.13. The maximum atomic E-state index is 12.3. The average Bonchev–Trinajstić information content (AvgIpc) is 2.64. The van der Waals surface area contributed by atoms with Crippen molar-refractivity contribution in [2.24, 2.45) is 0 Å². The first-order valence-corrected chi connectivity index (χ1v) is 5.04. The fourth-order valence-electron chi connectivity index (χ4n) is 1.59.